The second-order valence-electron chi connectivity index (χ2n) is 10.6. The molecule has 6 rings (SSSR count). The van der Waals surface area contributed by atoms with Gasteiger partial charge < -0.3 is 4.90 Å². The number of fused-ring (bicyclic) bond motifs is 1. The van der Waals surface area contributed by atoms with Gasteiger partial charge in [-0.05, 0) is 84.5 Å². The average Bonchev–Trinajstić information content (AvgIpc) is 3.31. The van der Waals surface area contributed by atoms with Crippen LogP contribution in [0.2, 0.25) is 0 Å². The summed E-state index contributed by atoms with van der Waals surface area (Å²) in [6.45, 7) is 11.3. The summed E-state index contributed by atoms with van der Waals surface area (Å²) in [6.07, 6.45) is 4.48. The number of nitrogens with zero attached hydrogens (tertiary/aromatic N) is 1. The van der Waals surface area contributed by atoms with E-state index in [0.29, 0.717) is 0 Å². The fourth-order valence-corrected chi connectivity index (χ4v) is 6.51. The van der Waals surface area contributed by atoms with Gasteiger partial charge in [0.1, 0.15) is 0 Å². The van der Waals surface area contributed by atoms with Gasteiger partial charge in [0.05, 0.1) is 11.1 Å². The van der Waals surface area contributed by atoms with Gasteiger partial charge in [0, 0.05) is 16.9 Å². The Hall–Kier alpha value is -4.88. The fourth-order valence-electron chi connectivity index (χ4n) is 6.51. The summed E-state index contributed by atoms with van der Waals surface area (Å²) in [5.41, 5.74) is 12.7. The molecule has 1 atom stereocenters. The van der Waals surface area contributed by atoms with Crippen molar-refractivity contribution < 1.29 is 0 Å². The van der Waals surface area contributed by atoms with Crippen molar-refractivity contribution in [3.63, 3.8) is 0 Å². The number of rotatable bonds is 6. The predicted octanol–water partition coefficient (Wildman–Crippen LogP) is 11.0. The topological polar surface area (TPSA) is 3.24 Å². The molecule has 0 amide bonds. The van der Waals surface area contributed by atoms with Crippen molar-refractivity contribution in [2.24, 2.45) is 0 Å². The number of hydrogen-bond acceptors (Lipinski definition) is 1. The van der Waals surface area contributed by atoms with Gasteiger partial charge >= 0.3 is 0 Å². The molecular weight excluding hydrogens is 494 g/mol. The van der Waals surface area contributed by atoms with E-state index in [9.17, 15) is 0 Å². The molecule has 0 saturated carbocycles. The smallest absolute Gasteiger partial charge is 0.0665 e. The van der Waals surface area contributed by atoms with Crippen LogP contribution >= 0.6 is 0 Å². The lowest BCUT2D eigenvalue weighted by Gasteiger charge is -2.34. The number of anilines is 3. The van der Waals surface area contributed by atoms with E-state index in [1.165, 1.54) is 39.0 Å². The third kappa shape index (κ3) is 4.26. The van der Waals surface area contributed by atoms with Crippen molar-refractivity contribution in [3.05, 3.63) is 180 Å². The Bertz CT molecular complexity index is 1740. The number of para-hydroxylation sites is 1. The maximum atomic E-state index is 4.78. The lowest BCUT2D eigenvalue weighted by Crippen LogP contribution is -2.28. The van der Waals surface area contributed by atoms with Gasteiger partial charge in [0.2, 0.25) is 0 Å². The molecule has 1 aliphatic rings. The van der Waals surface area contributed by atoms with Crippen molar-refractivity contribution in [3.8, 4) is 11.1 Å². The summed E-state index contributed by atoms with van der Waals surface area (Å²) in [4.78, 5) is 2.39. The highest BCUT2D eigenvalue weighted by atomic mass is 15.1. The van der Waals surface area contributed by atoms with Crippen molar-refractivity contribution in [2.45, 2.75) is 26.2 Å². The Balaban J connectivity index is 1.61. The summed E-state index contributed by atoms with van der Waals surface area (Å²) in [5.74, 6) is 0. The van der Waals surface area contributed by atoms with Gasteiger partial charge in [-0.3, -0.25) is 0 Å². The van der Waals surface area contributed by atoms with Crippen molar-refractivity contribution in [1.29, 1.82) is 0 Å². The Labute approximate surface area is 244 Å². The molecule has 5 aromatic carbocycles. The first-order valence-corrected chi connectivity index (χ1v) is 14.3. The van der Waals surface area contributed by atoms with Crippen LogP contribution in [0.1, 0.15) is 37.5 Å². The zero-order valence-corrected chi connectivity index (χ0v) is 24.0. The molecule has 0 aromatic heterocycles. The highest BCUT2D eigenvalue weighted by Gasteiger charge is 2.48. The van der Waals surface area contributed by atoms with Crippen LogP contribution < -0.4 is 4.90 Å². The lowest BCUT2D eigenvalue weighted by atomic mass is 9.68. The van der Waals surface area contributed by atoms with E-state index >= 15 is 0 Å². The minimum absolute atomic E-state index is 0.428. The van der Waals surface area contributed by atoms with E-state index < -0.39 is 5.41 Å². The Morgan fingerprint density at radius 3 is 1.80 bits per heavy atom. The molecule has 0 fully saturated rings. The first-order valence-electron chi connectivity index (χ1n) is 14.3. The van der Waals surface area contributed by atoms with Gasteiger partial charge in [-0.25, -0.2) is 0 Å². The molecule has 1 nitrogen and oxygen atoms in total. The van der Waals surface area contributed by atoms with E-state index in [4.69, 9.17) is 6.58 Å². The number of hydrogen-bond donors (Lipinski definition) is 0. The van der Waals surface area contributed by atoms with Crippen molar-refractivity contribution in [2.75, 3.05) is 4.90 Å². The third-order valence-corrected chi connectivity index (χ3v) is 8.50. The number of benzene rings is 5. The van der Waals surface area contributed by atoms with Gasteiger partial charge in [0.25, 0.3) is 0 Å². The molecule has 0 bridgehead atoms. The molecular formula is C40H35N. The molecule has 41 heavy (non-hydrogen) atoms. The molecule has 0 N–H and O–H groups in total. The molecule has 5 aromatic rings. The molecule has 0 aliphatic heterocycles. The summed E-state index contributed by atoms with van der Waals surface area (Å²) >= 11 is 0. The average molecular weight is 530 g/mol. The van der Waals surface area contributed by atoms with Gasteiger partial charge in [0.15, 0.2) is 0 Å². The number of allylic oxidation sites excluding steroid dienone is 5. The zero-order chi connectivity index (χ0) is 28.4. The molecule has 200 valence electrons. The molecule has 0 radical (unpaired) electrons. The first kappa shape index (κ1) is 26.3. The molecule has 0 spiro atoms. The van der Waals surface area contributed by atoms with Crippen LogP contribution in [0.4, 0.5) is 17.1 Å². The van der Waals surface area contributed by atoms with Gasteiger partial charge in [-0.1, -0.05) is 127 Å². The van der Waals surface area contributed by atoms with Crippen LogP contribution in [0.25, 0.3) is 16.7 Å². The maximum Gasteiger partial charge on any atom is 0.0665 e. The summed E-state index contributed by atoms with van der Waals surface area (Å²) < 4.78 is 0. The van der Waals surface area contributed by atoms with Crippen LogP contribution in [-0.2, 0) is 5.41 Å². The molecule has 0 heterocycles. The zero-order valence-electron chi connectivity index (χ0n) is 24.0. The molecule has 1 heteroatoms. The van der Waals surface area contributed by atoms with E-state index in [-0.39, 0.29) is 0 Å². The highest BCUT2D eigenvalue weighted by molar-refractivity contribution is 6.00. The monoisotopic (exact) mass is 529 g/mol. The first-order chi connectivity index (χ1) is 20.1. The predicted molar refractivity (Wildman–Crippen MR) is 176 cm³/mol. The standard InChI is InChI=1S/C40H35N/c1-5-29(3)40(33-19-12-8-13-20-33)30(4)36(6-2)39-37(40)23-16-24-38(39)41(34-21-14-9-15-22-34)35-27-25-32(26-28-35)31-17-10-7-11-18-31/h5-28H,4H2,1-3H3/b29-5+,36-6+. The van der Waals surface area contributed by atoms with Gasteiger partial charge in [-0.2, -0.15) is 0 Å². The van der Waals surface area contributed by atoms with Crippen LogP contribution in [0.3, 0.4) is 0 Å². The summed E-state index contributed by atoms with van der Waals surface area (Å²) in [6, 6.07) is 47.7. The van der Waals surface area contributed by atoms with E-state index in [0.717, 1.165) is 22.6 Å². The van der Waals surface area contributed by atoms with Crippen LogP contribution in [0, 0.1) is 0 Å². The Morgan fingerprint density at radius 1 is 0.634 bits per heavy atom. The Morgan fingerprint density at radius 2 is 1.20 bits per heavy atom. The third-order valence-electron chi connectivity index (χ3n) is 8.50. The van der Waals surface area contributed by atoms with Crippen LogP contribution in [0.5, 0.6) is 0 Å². The largest absolute Gasteiger partial charge is 0.310 e. The lowest BCUT2D eigenvalue weighted by molar-refractivity contribution is 0.747. The quantitative estimate of drug-likeness (QED) is 0.198. The summed E-state index contributed by atoms with van der Waals surface area (Å²) in [7, 11) is 0. The minimum atomic E-state index is -0.428. The SMILES string of the molecule is C=C1/C(=C\C)c2c(N(c3ccccc3)c3ccc(-c4ccccc4)cc3)cccc2C1(/C(C)=C/C)c1ccccc1. The molecule has 1 unspecified atom stereocenters. The minimum Gasteiger partial charge on any atom is -0.310 e. The van der Waals surface area contributed by atoms with E-state index in [2.05, 4.69) is 171 Å². The van der Waals surface area contributed by atoms with E-state index in [1.54, 1.807) is 0 Å². The maximum absolute atomic E-state index is 4.78. The molecule has 0 saturated heterocycles. The van der Waals surface area contributed by atoms with Gasteiger partial charge in [-0.15, -0.1) is 0 Å². The van der Waals surface area contributed by atoms with E-state index in [1.807, 2.05) is 0 Å². The fraction of sp³-hybridized carbons (Fsp3) is 0.100. The van der Waals surface area contributed by atoms with Crippen molar-refractivity contribution in [1.82, 2.24) is 0 Å². The second-order valence-corrected chi connectivity index (χ2v) is 10.6. The van der Waals surface area contributed by atoms with Crippen LogP contribution in [-0.4, -0.2) is 0 Å². The van der Waals surface area contributed by atoms with Crippen LogP contribution in [0.15, 0.2) is 163 Å². The summed E-state index contributed by atoms with van der Waals surface area (Å²) in [5, 5.41) is 0. The molecule has 1 aliphatic carbocycles. The highest BCUT2D eigenvalue weighted by Crippen LogP contribution is 2.59. The normalized spacial score (nSPS) is 17.5. The van der Waals surface area contributed by atoms with Crippen molar-refractivity contribution >= 4 is 22.6 Å². The second kappa shape index (κ2) is 10.9. The Kier molecular flexibility index (Phi) is 7.03.